The van der Waals surface area contributed by atoms with E-state index in [1.54, 1.807) is 4.90 Å². The average molecular weight is 465 g/mol. The second kappa shape index (κ2) is 9.12. The number of nitrogens with zero attached hydrogens (tertiary/aromatic N) is 1. The van der Waals surface area contributed by atoms with Crippen molar-refractivity contribution in [2.45, 2.75) is 39.7 Å². The van der Waals surface area contributed by atoms with Crippen LogP contribution in [0.4, 0.5) is 4.79 Å². The Morgan fingerprint density at radius 1 is 1.03 bits per heavy atom. The van der Waals surface area contributed by atoms with Crippen molar-refractivity contribution in [2.24, 2.45) is 17.3 Å². The first-order chi connectivity index (χ1) is 16.1. The minimum absolute atomic E-state index is 0.0716. The van der Waals surface area contributed by atoms with E-state index >= 15 is 0 Å². The summed E-state index contributed by atoms with van der Waals surface area (Å²) in [5, 5.41) is 12.2. The summed E-state index contributed by atoms with van der Waals surface area (Å²) < 4.78 is 5.64. The lowest BCUT2D eigenvalue weighted by molar-refractivity contribution is -0.142. The van der Waals surface area contributed by atoms with Gasteiger partial charge in [0.05, 0.1) is 5.92 Å². The Balaban J connectivity index is 1.45. The first-order valence-electron chi connectivity index (χ1n) is 11.7. The summed E-state index contributed by atoms with van der Waals surface area (Å²) in [5.74, 6) is -2.00. The Bertz CT molecular complexity index is 1060. The molecule has 2 aliphatic rings. The third-order valence-electron chi connectivity index (χ3n) is 6.96. The highest BCUT2D eigenvalue weighted by molar-refractivity contribution is 5.87. The number of nitrogens with one attached hydrogen (secondary N) is 1. The summed E-state index contributed by atoms with van der Waals surface area (Å²) in [6.45, 7) is 8.10. The van der Waals surface area contributed by atoms with Gasteiger partial charge in [-0.15, -0.1) is 0 Å². The molecule has 0 aromatic heterocycles. The fourth-order valence-electron chi connectivity index (χ4n) is 5.06. The lowest BCUT2D eigenvalue weighted by Gasteiger charge is -2.33. The van der Waals surface area contributed by atoms with Crippen molar-refractivity contribution in [3.05, 3.63) is 59.7 Å². The van der Waals surface area contributed by atoms with Crippen molar-refractivity contribution in [3.63, 3.8) is 0 Å². The van der Waals surface area contributed by atoms with Crippen molar-refractivity contribution in [2.75, 3.05) is 19.7 Å². The third-order valence-corrected chi connectivity index (χ3v) is 6.96. The Hall–Kier alpha value is -3.35. The molecular formula is C27H32N2O5. The van der Waals surface area contributed by atoms with Gasteiger partial charge in [0.15, 0.2) is 0 Å². The van der Waals surface area contributed by atoms with E-state index in [4.69, 9.17) is 4.74 Å². The fourth-order valence-corrected chi connectivity index (χ4v) is 5.06. The minimum atomic E-state index is -0.903. The Morgan fingerprint density at radius 2 is 1.59 bits per heavy atom. The van der Waals surface area contributed by atoms with Gasteiger partial charge in [0.1, 0.15) is 12.6 Å². The number of alkyl carbamates (subject to hydrolysis) is 1. The van der Waals surface area contributed by atoms with Crippen LogP contribution < -0.4 is 5.32 Å². The summed E-state index contributed by atoms with van der Waals surface area (Å²) >= 11 is 0. The van der Waals surface area contributed by atoms with Crippen LogP contribution in [0.2, 0.25) is 0 Å². The highest BCUT2D eigenvalue weighted by atomic mass is 16.5. The molecule has 0 spiro atoms. The van der Waals surface area contributed by atoms with Crippen LogP contribution in [-0.2, 0) is 14.3 Å². The van der Waals surface area contributed by atoms with Crippen molar-refractivity contribution in [1.82, 2.24) is 10.2 Å². The van der Waals surface area contributed by atoms with E-state index in [1.165, 1.54) is 0 Å². The molecule has 34 heavy (non-hydrogen) atoms. The maximum Gasteiger partial charge on any atom is 0.407 e. The summed E-state index contributed by atoms with van der Waals surface area (Å²) in [7, 11) is 0. The fraction of sp³-hybridized carbons (Fsp3) is 0.444. The molecule has 3 unspecified atom stereocenters. The molecule has 4 rings (SSSR count). The molecule has 2 N–H and O–H groups in total. The SMILES string of the molecule is CC1CN(C(=O)C(NC(=O)OCC2c3ccccc3-c3ccccc32)C(C)(C)C)CC1C(=O)O. The Kier molecular flexibility index (Phi) is 6.39. The van der Waals surface area contributed by atoms with Crippen LogP contribution in [0, 0.1) is 17.3 Å². The number of rotatable bonds is 5. The zero-order valence-electron chi connectivity index (χ0n) is 20.1. The molecule has 0 radical (unpaired) electrons. The van der Waals surface area contributed by atoms with Crippen molar-refractivity contribution in [1.29, 1.82) is 0 Å². The van der Waals surface area contributed by atoms with E-state index < -0.39 is 29.4 Å². The van der Waals surface area contributed by atoms with E-state index in [2.05, 4.69) is 29.6 Å². The third kappa shape index (κ3) is 4.52. The van der Waals surface area contributed by atoms with Gasteiger partial charge in [0, 0.05) is 19.0 Å². The predicted octanol–water partition coefficient (Wildman–Crippen LogP) is 4.12. The number of carbonyl (C=O) groups excluding carboxylic acids is 2. The summed E-state index contributed by atoms with van der Waals surface area (Å²) in [6, 6.07) is 15.4. The second-order valence-corrected chi connectivity index (χ2v) is 10.4. The molecule has 1 heterocycles. The first kappa shape index (κ1) is 23.8. The quantitative estimate of drug-likeness (QED) is 0.694. The maximum atomic E-state index is 13.3. The Morgan fingerprint density at radius 3 is 2.09 bits per heavy atom. The molecule has 3 atom stereocenters. The van der Waals surface area contributed by atoms with Gasteiger partial charge in [-0.2, -0.15) is 0 Å². The number of carboxylic acids is 1. The van der Waals surface area contributed by atoms with E-state index in [-0.39, 0.29) is 30.9 Å². The molecule has 2 amide bonds. The van der Waals surface area contributed by atoms with Crippen LogP contribution in [0.5, 0.6) is 0 Å². The van der Waals surface area contributed by atoms with Crippen molar-refractivity contribution >= 4 is 18.0 Å². The molecule has 1 saturated heterocycles. The lowest BCUT2D eigenvalue weighted by atomic mass is 9.86. The molecule has 1 fully saturated rings. The standard InChI is InChI=1S/C27H32N2O5/c1-16-13-29(14-21(16)25(31)32)24(30)23(27(2,3)4)28-26(33)34-15-22-19-11-7-5-9-17(19)18-10-6-8-12-20(18)22/h5-12,16,21-23H,13-15H2,1-4H3,(H,28,33)(H,31,32). The topological polar surface area (TPSA) is 95.9 Å². The number of carbonyl (C=O) groups is 3. The van der Waals surface area contributed by atoms with Crippen molar-refractivity contribution < 1.29 is 24.2 Å². The van der Waals surface area contributed by atoms with Gasteiger partial charge in [-0.3, -0.25) is 9.59 Å². The predicted molar refractivity (Wildman–Crippen MR) is 128 cm³/mol. The van der Waals surface area contributed by atoms with Crippen LogP contribution in [0.25, 0.3) is 11.1 Å². The summed E-state index contributed by atoms with van der Waals surface area (Å²) in [4.78, 5) is 39.2. The van der Waals surface area contributed by atoms with Gasteiger partial charge in [0.2, 0.25) is 5.91 Å². The number of hydrogen-bond acceptors (Lipinski definition) is 4. The largest absolute Gasteiger partial charge is 0.481 e. The lowest BCUT2D eigenvalue weighted by Crippen LogP contribution is -2.54. The monoisotopic (exact) mass is 464 g/mol. The number of fused-ring (bicyclic) bond motifs is 3. The number of amides is 2. The summed E-state index contributed by atoms with van der Waals surface area (Å²) in [5.41, 5.74) is 3.95. The van der Waals surface area contributed by atoms with Gasteiger partial charge in [-0.25, -0.2) is 4.79 Å². The molecule has 1 aliphatic heterocycles. The number of hydrogen-bond donors (Lipinski definition) is 2. The molecule has 2 aromatic rings. The van der Waals surface area contributed by atoms with Gasteiger partial charge in [0.25, 0.3) is 0 Å². The minimum Gasteiger partial charge on any atom is -0.481 e. The van der Waals surface area contributed by atoms with Crippen molar-refractivity contribution in [3.8, 4) is 11.1 Å². The zero-order valence-corrected chi connectivity index (χ0v) is 20.1. The number of likely N-dealkylation sites (tertiary alicyclic amines) is 1. The number of benzene rings is 2. The normalized spacial score (nSPS) is 20.4. The Labute approximate surface area is 200 Å². The molecule has 180 valence electrons. The smallest absolute Gasteiger partial charge is 0.407 e. The molecule has 0 saturated carbocycles. The van der Waals surface area contributed by atoms with Crippen LogP contribution in [0.1, 0.15) is 44.7 Å². The molecule has 0 bridgehead atoms. The van der Waals surface area contributed by atoms with Gasteiger partial charge in [-0.05, 0) is 33.6 Å². The first-order valence-corrected chi connectivity index (χ1v) is 11.7. The highest BCUT2D eigenvalue weighted by Crippen LogP contribution is 2.44. The van der Waals surface area contributed by atoms with Crippen LogP contribution in [-0.4, -0.2) is 53.7 Å². The molecule has 2 aromatic carbocycles. The number of ether oxygens (including phenoxy) is 1. The van der Waals surface area contributed by atoms with Crippen LogP contribution in [0.3, 0.4) is 0 Å². The zero-order chi connectivity index (χ0) is 24.6. The maximum absolute atomic E-state index is 13.3. The highest BCUT2D eigenvalue weighted by Gasteiger charge is 2.42. The second-order valence-electron chi connectivity index (χ2n) is 10.4. The van der Waals surface area contributed by atoms with Crippen LogP contribution >= 0.6 is 0 Å². The van der Waals surface area contributed by atoms with Crippen LogP contribution in [0.15, 0.2) is 48.5 Å². The van der Waals surface area contributed by atoms with E-state index in [0.717, 1.165) is 22.3 Å². The van der Waals surface area contributed by atoms with E-state index in [9.17, 15) is 19.5 Å². The summed E-state index contributed by atoms with van der Waals surface area (Å²) in [6.07, 6.45) is -0.655. The molecule has 7 heteroatoms. The number of carboxylic acid groups (broad SMARTS) is 1. The average Bonchev–Trinajstić information content (AvgIpc) is 3.33. The van der Waals surface area contributed by atoms with E-state index in [0.29, 0.717) is 6.54 Å². The molecule has 1 aliphatic carbocycles. The van der Waals surface area contributed by atoms with Gasteiger partial charge < -0.3 is 20.1 Å². The molecule has 7 nitrogen and oxygen atoms in total. The van der Waals surface area contributed by atoms with Gasteiger partial charge in [-0.1, -0.05) is 76.2 Å². The van der Waals surface area contributed by atoms with E-state index in [1.807, 2.05) is 52.0 Å². The molecular weight excluding hydrogens is 432 g/mol. The van der Waals surface area contributed by atoms with Gasteiger partial charge >= 0.3 is 12.1 Å². The number of aliphatic carboxylic acids is 1.